The molecule has 1 aliphatic rings. The summed E-state index contributed by atoms with van der Waals surface area (Å²) < 4.78 is 10.3. The van der Waals surface area contributed by atoms with Gasteiger partial charge in [-0.3, -0.25) is 4.79 Å². The molecule has 4 nitrogen and oxygen atoms in total. The Labute approximate surface area is 71.5 Å². The van der Waals surface area contributed by atoms with E-state index in [4.69, 9.17) is 14.6 Å². The van der Waals surface area contributed by atoms with Crippen LogP contribution in [-0.4, -0.2) is 37.0 Å². The van der Waals surface area contributed by atoms with Gasteiger partial charge in [-0.05, 0) is 6.42 Å². The Bertz CT molecular complexity index is 149. The molecule has 0 aromatic heterocycles. The fraction of sp³-hybridized carbons (Fsp3) is 0.875. The molecule has 1 saturated heterocycles. The van der Waals surface area contributed by atoms with Crippen molar-refractivity contribution >= 4 is 6.29 Å². The summed E-state index contributed by atoms with van der Waals surface area (Å²) in [4.78, 5) is 10.5. The van der Waals surface area contributed by atoms with Crippen LogP contribution in [0, 0.1) is 5.92 Å². The van der Waals surface area contributed by atoms with Gasteiger partial charge in [-0.1, -0.05) is 6.92 Å². The van der Waals surface area contributed by atoms with Crippen molar-refractivity contribution in [2.75, 3.05) is 19.8 Å². The molecule has 0 spiro atoms. The van der Waals surface area contributed by atoms with Crippen LogP contribution in [0.25, 0.3) is 0 Å². The molecule has 0 atom stereocenters. The summed E-state index contributed by atoms with van der Waals surface area (Å²) in [6, 6.07) is 0. The highest BCUT2D eigenvalue weighted by atomic mass is 16.7. The monoisotopic (exact) mass is 174 g/mol. The van der Waals surface area contributed by atoms with Crippen LogP contribution in [0.3, 0.4) is 0 Å². The molecule has 0 aromatic rings. The van der Waals surface area contributed by atoms with Crippen LogP contribution in [0.2, 0.25) is 0 Å². The summed E-state index contributed by atoms with van der Waals surface area (Å²) in [5, 5.41) is 8.82. The Kier molecular flexibility index (Phi) is 3.20. The van der Waals surface area contributed by atoms with Gasteiger partial charge in [0, 0.05) is 5.92 Å². The topological polar surface area (TPSA) is 55.8 Å². The van der Waals surface area contributed by atoms with Gasteiger partial charge < -0.3 is 14.6 Å². The summed E-state index contributed by atoms with van der Waals surface area (Å²) in [5.41, 5.74) is 0. The molecular weight excluding hydrogens is 160 g/mol. The minimum absolute atomic E-state index is 0.338. The maximum absolute atomic E-state index is 10.5. The Morgan fingerprint density at radius 2 is 2.17 bits per heavy atom. The molecule has 0 aromatic carbocycles. The van der Waals surface area contributed by atoms with Crippen molar-refractivity contribution in [3.63, 3.8) is 0 Å². The largest absolute Gasteiger partial charge is 0.390 e. The number of ether oxygens (including phenoxy) is 2. The minimum Gasteiger partial charge on any atom is -0.390 e. The van der Waals surface area contributed by atoms with Gasteiger partial charge in [-0.15, -0.1) is 0 Å². The van der Waals surface area contributed by atoms with E-state index in [1.807, 2.05) is 6.92 Å². The van der Waals surface area contributed by atoms with Gasteiger partial charge in [-0.2, -0.15) is 0 Å². The summed E-state index contributed by atoms with van der Waals surface area (Å²) in [5.74, 6) is -1.05. The lowest BCUT2D eigenvalue weighted by atomic mass is 10.1. The lowest BCUT2D eigenvalue weighted by molar-refractivity contribution is -0.272. The van der Waals surface area contributed by atoms with Crippen LogP contribution in [0.4, 0.5) is 0 Å². The van der Waals surface area contributed by atoms with E-state index in [9.17, 15) is 4.79 Å². The number of carbonyl (C=O) groups excluding carboxylic acids is 1. The van der Waals surface area contributed by atoms with E-state index in [1.54, 1.807) is 0 Å². The highest BCUT2D eigenvalue weighted by molar-refractivity contribution is 5.60. The predicted molar refractivity (Wildman–Crippen MR) is 41.6 cm³/mol. The second-order valence-electron chi connectivity index (χ2n) is 2.98. The van der Waals surface area contributed by atoms with Gasteiger partial charge in [0.15, 0.2) is 6.29 Å². The quantitative estimate of drug-likeness (QED) is 0.609. The number of aliphatic hydroxyl groups is 1. The first kappa shape index (κ1) is 9.64. The summed E-state index contributed by atoms with van der Waals surface area (Å²) in [7, 11) is 0. The molecule has 1 fully saturated rings. The number of aliphatic hydroxyl groups excluding tert-OH is 1. The molecule has 0 amide bonds. The summed E-state index contributed by atoms with van der Waals surface area (Å²) in [6.45, 7) is 2.59. The van der Waals surface area contributed by atoms with Crippen LogP contribution < -0.4 is 0 Å². The second-order valence-corrected chi connectivity index (χ2v) is 2.98. The van der Waals surface area contributed by atoms with Gasteiger partial charge >= 0.3 is 0 Å². The van der Waals surface area contributed by atoms with Crippen molar-refractivity contribution in [1.82, 2.24) is 0 Å². The average molecular weight is 174 g/mol. The Balaban J connectivity index is 2.47. The summed E-state index contributed by atoms with van der Waals surface area (Å²) >= 11 is 0. The zero-order valence-electron chi connectivity index (χ0n) is 7.16. The zero-order valence-corrected chi connectivity index (χ0v) is 7.16. The number of aldehydes is 1. The Morgan fingerprint density at radius 3 is 2.50 bits per heavy atom. The third-order valence-corrected chi connectivity index (χ3v) is 2.10. The van der Waals surface area contributed by atoms with Gasteiger partial charge in [0.2, 0.25) is 5.79 Å². The van der Waals surface area contributed by atoms with E-state index >= 15 is 0 Å². The molecule has 0 radical (unpaired) electrons. The lowest BCUT2D eigenvalue weighted by Crippen LogP contribution is -2.48. The lowest BCUT2D eigenvalue weighted by Gasteiger charge is -2.34. The fourth-order valence-electron chi connectivity index (χ4n) is 1.04. The number of hydrogen-bond donors (Lipinski definition) is 1. The molecule has 0 bridgehead atoms. The van der Waals surface area contributed by atoms with Crippen LogP contribution >= 0.6 is 0 Å². The number of hydrogen-bond acceptors (Lipinski definition) is 4. The summed E-state index contributed by atoms with van der Waals surface area (Å²) in [6.07, 6.45) is 1.47. The molecule has 0 saturated carbocycles. The van der Waals surface area contributed by atoms with Crippen LogP contribution in [0.15, 0.2) is 0 Å². The molecule has 1 heterocycles. The second kappa shape index (κ2) is 3.98. The SMILES string of the molecule is CCC1COC(C=O)(CO)OC1. The van der Waals surface area contributed by atoms with Crippen molar-refractivity contribution in [2.45, 2.75) is 19.1 Å². The molecule has 4 heteroatoms. The highest BCUT2D eigenvalue weighted by Gasteiger charge is 2.36. The van der Waals surface area contributed by atoms with E-state index in [0.29, 0.717) is 25.4 Å². The average Bonchev–Trinajstić information content (AvgIpc) is 2.18. The van der Waals surface area contributed by atoms with Crippen molar-refractivity contribution < 1.29 is 19.4 Å². The first-order valence-electron chi connectivity index (χ1n) is 4.11. The van der Waals surface area contributed by atoms with Crippen LogP contribution in [-0.2, 0) is 14.3 Å². The van der Waals surface area contributed by atoms with E-state index in [1.165, 1.54) is 0 Å². The molecule has 1 N–H and O–H groups in total. The maximum atomic E-state index is 10.5. The number of rotatable bonds is 3. The predicted octanol–water partition coefficient (Wildman–Crippen LogP) is -0.0531. The minimum atomic E-state index is -1.38. The van der Waals surface area contributed by atoms with Gasteiger partial charge in [-0.25, -0.2) is 0 Å². The van der Waals surface area contributed by atoms with Gasteiger partial charge in [0.05, 0.1) is 13.2 Å². The molecule has 12 heavy (non-hydrogen) atoms. The van der Waals surface area contributed by atoms with E-state index in [0.717, 1.165) is 6.42 Å². The van der Waals surface area contributed by atoms with Crippen LogP contribution in [0.1, 0.15) is 13.3 Å². The fourth-order valence-corrected chi connectivity index (χ4v) is 1.04. The first-order chi connectivity index (χ1) is 5.76. The van der Waals surface area contributed by atoms with E-state index in [-0.39, 0.29) is 0 Å². The first-order valence-corrected chi connectivity index (χ1v) is 4.11. The number of carbonyl (C=O) groups is 1. The van der Waals surface area contributed by atoms with Crippen LogP contribution in [0.5, 0.6) is 0 Å². The van der Waals surface area contributed by atoms with Crippen molar-refractivity contribution in [3.8, 4) is 0 Å². The molecule has 70 valence electrons. The van der Waals surface area contributed by atoms with E-state index in [2.05, 4.69) is 0 Å². The highest BCUT2D eigenvalue weighted by Crippen LogP contribution is 2.20. The molecule has 0 unspecified atom stereocenters. The van der Waals surface area contributed by atoms with E-state index < -0.39 is 12.4 Å². The van der Waals surface area contributed by atoms with Crippen molar-refractivity contribution in [3.05, 3.63) is 0 Å². The van der Waals surface area contributed by atoms with Crippen molar-refractivity contribution in [1.29, 1.82) is 0 Å². The zero-order chi connectivity index (χ0) is 9.03. The molecule has 1 rings (SSSR count). The smallest absolute Gasteiger partial charge is 0.249 e. The molecule has 1 aliphatic heterocycles. The van der Waals surface area contributed by atoms with Gasteiger partial charge in [0.25, 0.3) is 0 Å². The molecular formula is C8H14O4. The maximum Gasteiger partial charge on any atom is 0.249 e. The van der Waals surface area contributed by atoms with Crippen molar-refractivity contribution in [2.24, 2.45) is 5.92 Å². The Hall–Kier alpha value is -0.450. The Morgan fingerprint density at radius 1 is 1.58 bits per heavy atom. The normalized spacial score (nSPS) is 36.3. The third-order valence-electron chi connectivity index (χ3n) is 2.10. The standard InChI is InChI=1S/C8H14O4/c1-2-7-3-11-8(5-9,6-10)12-4-7/h5,7,10H,2-4,6H2,1H3. The third kappa shape index (κ3) is 1.83. The molecule has 0 aliphatic carbocycles. The van der Waals surface area contributed by atoms with Gasteiger partial charge in [0.1, 0.15) is 6.61 Å².